The topological polar surface area (TPSA) is 55.1 Å². The van der Waals surface area contributed by atoms with Gasteiger partial charge in [-0.2, -0.15) is 0 Å². The van der Waals surface area contributed by atoms with Crippen molar-refractivity contribution in [3.8, 4) is 11.5 Å². The van der Waals surface area contributed by atoms with Gasteiger partial charge in [0.1, 0.15) is 6.26 Å². The fourth-order valence-corrected chi connectivity index (χ4v) is 3.60. The zero-order valence-electron chi connectivity index (χ0n) is 14.0. The summed E-state index contributed by atoms with van der Waals surface area (Å²) in [5.41, 5.74) is 3.51. The molecular weight excluding hydrogens is 436 g/mol. The molecule has 0 saturated heterocycles. The summed E-state index contributed by atoms with van der Waals surface area (Å²) in [6, 6.07) is 13.1. The quantitative estimate of drug-likeness (QED) is 0.504. The molecule has 0 unspecified atom stereocenters. The van der Waals surface area contributed by atoms with Gasteiger partial charge in [-0.05, 0) is 55.0 Å². The maximum atomic E-state index is 12.1. The number of halogens is 2. The highest BCUT2D eigenvalue weighted by Gasteiger charge is 2.09. The van der Waals surface area contributed by atoms with E-state index >= 15 is 0 Å². The van der Waals surface area contributed by atoms with Crippen molar-refractivity contribution in [2.24, 2.45) is 0 Å². The lowest BCUT2D eigenvalue weighted by Crippen LogP contribution is -2.15. The first-order valence-electron chi connectivity index (χ1n) is 7.85. The Morgan fingerprint density at radius 3 is 2.77 bits per heavy atom. The van der Waals surface area contributed by atoms with E-state index in [1.165, 1.54) is 11.8 Å². The molecule has 3 rings (SSSR count). The lowest BCUT2D eigenvalue weighted by Gasteiger charge is -2.08. The number of anilines is 1. The van der Waals surface area contributed by atoms with E-state index in [0.29, 0.717) is 22.4 Å². The molecule has 1 N–H and O–H groups in total. The number of oxazole rings is 1. The molecule has 0 aliphatic rings. The van der Waals surface area contributed by atoms with Crippen molar-refractivity contribution >= 4 is 50.9 Å². The van der Waals surface area contributed by atoms with Gasteiger partial charge in [-0.3, -0.25) is 4.79 Å². The van der Waals surface area contributed by atoms with Gasteiger partial charge in [0.25, 0.3) is 0 Å². The predicted molar refractivity (Wildman–Crippen MR) is 111 cm³/mol. The summed E-state index contributed by atoms with van der Waals surface area (Å²) in [5, 5.41) is 3.59. The van der Waals surface area contributed by atoms with Gasteiger partial charge in [0.05, 0.1) is 11.4 Å². The van der Waals surface area contributed by atoms with E-state index in [9.17, 15) is 4.79 Å². The van der Waals surface area contributed by atoms with Gasteiger partial charge in [-0.1, -0.05) is 27.5 Å². The van der Waals surface area contributed by atoms with Gasteiger partial charge in [-0.25, -0.2) is 4.98 Å². The summed E-state index contributed by atoms with van der Waals surface area (Å²) in [6.07, 6.45) is 1.62. The van der Waals surface area contributed by atoms with Crippen LogP contribution in [0.25, 0.3) is 11.5 Å². The summed E-state index contributed by atoms with van der Waals surface area (Å²) in [6.45, 7) is 1.96. The summed E-state index contributed by atoms with van der Waals surface area (Å²) in [5.74, 6) is 1.46. The van der Waals surface area contributed by atoms with Crippen LogP contribution in [0.5, 0.6) is 0 Å². The largest absolute Gasteiger partial charge is 0.444 e. The van der Waals surface area contributed by atoms with Gasteiger partial charge in [0.2, 0.25) is 11.8 Å². The van der Waals surface area contributed by atoms with Gasteiger partial charge >= 0.3 is 0 Å². The van der Waals surface area contributed by atoms with Crippen molar-refractivity contribution in [3.05, 3.63) is 69.5 Å². The number of aryl methyl sites for hydroxylation is 1. The number of carbonyl (C=O) groups excluding carboxylic acids is 1. The van der Waals surface area contributed by atoms with Crippen LogP contribution in [-0.4, -0.2) is 16.6 Å². The normalized spacial score (nSPS) is 10.7. The van der Waals surface area contributed by atoms with Crippen molar-refractivity contribution < 1.29 is 9.21 Å². The van der Waals surface area contributed by atoms with Crippen LogP contribution >= 0.6 is 39.3 Å². The number of benzene rings is 2. The number of amides is 1. The average molecular weight is 452 g/mol. The molecule has 0 radical (unpaired) electrons. The molecule has 0 atom stereocenters. The monoisotopic (exact) mass is 450 g/mol. The highest BCUT2D eigenvalue weighted by atomic mass is 79.9. The maximum absolute atomic E-state index is 12.1. The number of rotatable bonds is 6. The SMILES string of the molecule is Cc1cc(Br)ccc1NC(=O)CSCc1coc(-c2ccc(Cl)cc2)n1. The third-order valence-corrected chi connectivity index (χ3v) is 5.30. The zero-order chi connectivity index (χ0) is 18.5. The van der Waals surface area contributed by atoms with Crippen LogP contribution in [0.15, 0.2) is 57.6 Å². The summed E-state index contributed by atoms with van der Waals surface area (Å²) in [4.78, 5) is 16.5. The summed E-state index contributed by atoms with van der Waals surface area (Å²) < 4.78 is 6.49. The number of nitrogens with one attached hydrogen (secondary N) is 1. The first-order chi connectivity index (χ1) is 12.5. The number of thioether (sulfide) groups is 1. The van der Waals surface area contributed by atoms with Gasteiger partial charge < -0.3 is 9.73 Å². The van der Waals surface area contributed by atoms with Crippen molar-refractivity contribution in [1.29, 1.82) is 0 Å². The highest BCUT2D eigenvalue weighted by Crippen LogP contribution is 2.23. The molecule has 0 aliphatic heterocycles. The highest BCUT2D eigenvalue weighted by molar-refractivity contribution is 9.10. The van der Waals surface area contributed by atoms with Crippen molar-refractivity contribution in [1.82, 2.24) is 4.98 Å². The minimum atomic E-state index is -0.0400. The smallest absolute Gasteiger partial charge is 0.234 e. The Bertz CT molecular complexity index is 912. The van der Waals surface area contributed by atoms with E-state index in [0.717, 1.165) is 27.0 Å². The molecule has 0 bridgehead atoms. The Kier molecular flexibility index (Phi) is 6.40. The Morgan fingerprint density at radius 1 is 1.27 bits per heavy atom. The molecule has 0 saturated carbocycles. The minimum Gasteiger partial charge on any atom is -0.444 e. The Morgan fingerprint density at radius 2 is 2.04 bits per heavy atom. The predicted octanol–water partition coefficient (Wildman–Crippen LogP) is 5.94. The average Bonchev–Trinajstić information content (AvgIpc) is 3.07. The van der Waals surface area contributed by atoms with Crippen molar-refractivity contribution in [2.75, 3.05) is 11.1 Å². The summed E-state index contributed by atoms with van der Waals surface area (Å²) >= 11 is 10.8. The first kappa shape index (κ1) is 19.0. The fraction of sp³-hybridized carbons (Fsp3) is 0.158. The third kappa shape index (κ3) is 5.13. The van der Waals surface area contributed by atoms with E-state index in [1.807, 2.05) is 37.3 Å². The van der Waals surface area contributed by atoms with Crippen LogP contribution in [0.2, 0.25) is 5.02 Å². The van der Waals surface area contributed by atoms with Gasteiger partial charge in [-0.15, -0.1) is 11.8 Å². The van der Waals surface area contributed by atoms with Crippen LogP contribution in [0.3, 0.4) is 0 Å². The van der Waals surface area contributed by atoms with E-state index < -0.39 is 0 Å². The number of nitrogens with zero attached hydrogens (tertiary/aromatic N) is 1. The molecule has 2 aromatic carbocycles. The van der Waals surface area contributed by atoms with Gasteiger partial charge in [0, 0.05) is 26.5 Å². The molecule has 1 heterocycles. The van der Waals surface area contributed by atoms with Crippen molar-refractivity contribution in [3.63, 3.8) is 0 Å². The minimum absolute atomic E-state index is 0.0400. The molecule has 4 nitrogen and oxygen atoms in total. The molecular formula is C19H16BrClN2O2S. The second-order valence-electron chi connectivity index (χ2n) is 5.65. The standard InChI is InChI=1S/C19H16BrClN2O2S/c1-12-8-14(20)4-7-17(12)23-18(24)11-26-10-16-9-25-19(22-16)13-2-5-15(21)6-3-13/h2-9H,10-11H2,1H3,(H,23,24). The fourth-order valence-electron chi connectivity index (χ4n) is 2.30. The van der Waals surface area contributed by atoms with Crippen LogP contribution in [0.4, 0.5) is 5.69 Å². The van der Waals surface area contributed by atoms with Gasteiger partial charge in [0.15, 0.2) is 0 Å². The summed E-state index contributed by atoms with van der Waals surface area (Å²) in [7, 11) is 0. The molecule has 134 valence electrons. The maximum Gasteiger partial charge on any atom is 0.234 e. The number of carbonyl (C=O) groups is 1. The second-order valence-corrected chi connectivity index (χ2v) is 7.99. The van der Waals surface area contributed by atoms with Crippen LogP contribution in [-0.2, 0) is 10.5 Å². The third-order valence-electron chi connectivity index (χ3n) is 3.59. The molecule has 0 aliphatic carbocycles. The first-order valence-corrected chi connectivity index (χ1v) is 10.2. The molecule has 7 heteroatoms. The molecule has 1 aromatic heterocycles. The van der Waals surface area contributed by atoms with Crippen molar-refractivity contribution in [2.45, 2.75) is 12.7 Å². The molecule has 26 heavy (non-hydrogen) atoms. The van der Waals surface area contributed by atoms with E-state index in [-0.39, 0.29) is 5.91 Å². The lowest BCUT2D eigenvalue weighted by atomic mass is 10.2. The Balaban J connectivity index is 1.50. The molecule has 0 fully saturated rings. The number of hydrogen-bond acceptors (Lipinski definition) is 4. The Hall–Kier alpha value is -1.76. The molecule has 3 aromatic rings. The molecule has 1 amide bonds. The lowest BCUT2D eigenvalue weighted by molar-refractivity contribution is -0.113. The Labute approximate surface area is 169 Å². The second kappa shape index (κ2) is 8.75. The molecule has 0 spiro atoms. The van der Waals surface area contributed by atoms with E-state index in [1.54, 1.807) is 18.4 Å². The number of aromatic nitrogens is 1. The van der Waals surface area contributed by atoms with E-state index in [2.05, 4.69) is 26.2 Å². The van der Waals surface area contributed by atoms with Crippen LogP contribution in [0, 0.1) is 6.92 Å². The van der Waals surface area contributed by atoms with Crippen LogP contribution < -0.4 is 5.32 Å². The zero-order valence-corrected chi connectivity index (χ0v) is 17.1. The van der Waals surface area contributed by atoms with Crippen LogP contribution in [0.1, 0.15) is 11.3 Å². The van der Waals surface area contributed by atoms with E-state index in [4.69, 9.17) is 16.0 Å². The number of hydrogen-bond donors (Lipinski definition) is 1.